The molecule has 0 saturated carbocycles. The third-order valence-corrected chi connectivity index (χ3v) is 4.41. The lowest BCUT2D eigenvalue weighted by atomic mass is 10.3. The van der Waals surface area contributed by atoms with Crippen molar-refractivity contribution in [1.82, 2.24) is 0 Å². The van der Waals surface area contributed by atoms with Crippen molar-refractivity contribution in [3.63, 3.8) is 0 Å². The summed E-state index contributed by atoms with van der Waals surface area (Å²) >= 11 is 23.1. The molecule has 4 N–H and O–H groups in total. The molecule has 0 aliphatic carbocycles. The fourth-order valence-electron chi connectivity index (χ4n) is 1.91. The van der Waals surface area contributed by atoms with Gasteiger partial charge in [0.05, 0.1) is 34.6 Å². The molecule has 0 unspecified atom stereocenters. The second-order valence-electron chi connectivity index (χ2n) is 5.86. The van der Waals surface area contributed by atoms with Gasteiger partial charge in [0.2, 0.25) is 0 Å². The van der Waals surface area contributed by atoms with E-state index in [2.05, 4.69) is 43.8 Å². The fourth-order valence-corrected chi connectivity index (χ4v) is 2.58. The first-order valence-electron chi connectivity index (χ1n) is 10.1. The van der Waals surface area contributed by atoms with Gasteiger partial charge in [-0.1, -0.05) is 58.2 Å². The van der Waals surface area contributed by atoms with Crippen LogP contribution in [0.15, 0.2) is 36.4 Å². The van der Waals surface area contributed by atoms with Gasteiger partial charge in [0.1, 0.15) is 13.2 Å². The maximum absolute atomic E-state index is 11.0. The highest BCUT2D eigenvalue weighted by Crippen LogP contribution is 2.26. The average molecular weight is 578 g/mol. The van der Waals surface area contributed by atoms with E-state index in [-0.39, 0.29) is 13.2 Å². The molecule has 12 heteroatoms. The highest BCUT2D eigenvalue weighted by Gasteiger charge is 2.07. The molecule has 0 heterocycles. The van der Waals surface area contributed by atoms with Crippen molar-refractivity contribution in [3.8, 4) is 23.7 Å². The lowest BCUT2D eigenvalue weighted by Gasteiger charge is -2.06. The number of halogens is 4. The molecule has 0 spiro atoms. The van der Waals surface area contributed by atoms with Gasteiger partial charge < -0.3 is 19.7 Å². The molecule has 0 aliphatic heterocycles. The lowest BCUT2D eigenvalue weighted by Crippen LogP contribution is -2.13. The molecule has 194 valence electrons. The van der Waals surface area contributed by atoms with Crippen molar-refractivity contribution in [1.29, 1.82) is 0 Å². The van der Waals surface area contributed by atoms with Crippen LogP contribution in [0.2, 0.25) is 20.1 Å². The summed E-state index contributed by atoms with van der Waals surface area (Å²) in [4.78, 5) is 22.1. The smallest absolute Gasteiger partial charge is 0.411 e. The number of aliphatic hydroxyl groups excluding tert-OH is 2. The van der Waals surface area contributed by atoms with Crippen LogP contribution in [0.4, 0.5) is 21.0 Å². The molecule has 2 aromatic rings. The van der Waals surface area contributed by atoms with Crippen molar-refractivity contribution in [2.24, 2.45) is 0 Å². The van der Waals surface area contributed by atoms with Gasteiger partial charge in [0.15, 0.2) is 0 Å². The predicted molar refractivity (Wildman–Crippen MR) is 144 cm³/mol. The van der Waals surface area contributed by atoms with E-state index in [9.17, 15) is 9.59 Å². The van der Waals surface area contributed by atoms with Gasteiger partial charge in [-0.15, -0.1) is 0 Å². The zero-order chi connectivity index (χ0) is 27.3. The largest absolute Gasteiger partial charge is 0.450 e. The Balaban J connectivity index is 0.000000533. The first-order chi connectivity index (χ1) is 17.2. The number of carbonyl (C=O) groups excluding carboxylic acids is 2. The third-order valence-electron chi connectivity index (χ3n) is 3.28. The molecular weight excluding hydrogens is 554 g/mol. The minimum atomic E-state index is -0.545. The van der Waals surface area contributed by atoms with Gasteiger partial charge in [-0.05, 0) is 62.1 Å². The van der Waals surface area contributed by atoms with E-state index >= 15 is 0 Å². The monoisotopic (exact) mass is 576 g/mol. The van der Waals surface area contributed by atoms with E-state index < -0.39 is 12.2 Å². The number of aliphatic hydroxyl groups is 2. The van der Waals surface area contributed by atoms with Crippen molar-refractivity contribution < 1.29 is 29.3 Å². The van der Waals surface area contributed by atoms with Crippen LogP contribution in [-0.4, -0.2) is 48.8 Å². The average Bonchev–Trinajstić information content (AvgIpc) is 2.83. The zero-order valence-corrected chi connectivity index (χ0v) is 22.4. The third kappa shape index (κ3) is 16.0. The van der Waals surface area contributed by atoms with Gasteiger partial charge in [0.25, 0.3) is 0 Å². The van der Waals surface area contributed by atoms with Gasteiger partial charge in [-0.25, -0.2) is 9.59 Å². The molecule has 2 amide bonds. The zero-order valence-electron chi connectivity index (χ0n) is 19.3. The second kappa shape index (κ2) is 20.4. The first kappa shape index (κ1) is 33.2. The summed E-state index contributed by atoms with van der Waals surface area (Å²) in [5, 5.41) is 22.9. The Morgan fingerprint density at radius 1 is 0.750 bits per heavy atom. The molecule has 36 heavy (non-hydrogen) atoms. The van der Waals surface area contributed by atoms with Crippen LogP contribution in [0.5, 0.6) is 0 Å². The molecule has 0 bridgehead atoms. The minimum absolute atomic E-state index is 0.180. The number of rotatable bonds is 4. The van der Waals surface area contributed by atoms with Gasteiger partial charge in [-0.3, -0.25) is 10.6 Å². The number of anilines is 2. The molecular formula is C24H24Cl4N2O6. The maximum atomic E-state index is 11.0. The number of hydrogen-bond acceptors (Lipinski definition) is 6. The summed E-state index contributed by atoms with van der Waals surface area (Å²) in [6.45, 7) is 3.70. The normalized spacial score (nSPS) is 8.78. The van der Waals surface area contributed by atoms with Crippen molar-refractivity contribution >= 4 is 70.0 Å². The van der Waals surface area contributed by atoms with E-state index in [4.69, 9.17) is 56.6 Å². The van der Waals surface area contributed by atoms with Crippen LogP contribution in [-0.2, 0) is 9.47 Å². The molecule has 8 nitrogen and oxygen atoms in total. The number of amides is 2. The van der Waals surface area contributed by atoms with E-state index in [1.165, 1.54) is 0 Å². The molecule has 0 fully saturated rings. The van der Waals surface area contributed by atoms with E-state index in [1.807, 2.05) is 0 Å². The van der Waals surface area contributed by atoms with Gasteiger partial charge in [0, 0.05) is 10.0 Å². The van der Waals surface area contributed by atoms with E-state index in [0.29, 0.717) is 44.7 Å². The Bertz CT molecular complexity index is 1020. The Hall–Kier alpha value is -2.82. The van der Waals surface area contributed by atoms with Gasteiger partial charge in [-0.2, -0.15) is 0 Å². The Labute approximate surface area is 229 Å². The Morgan fingerprint density at radius 2 is 1.11 bits per heavy atom. The van der Waals surface area contributed by atoms with Crippen molar-refractivity contribution in [3.05, 3.63) is 56.5 Å². The number of benzene rings is 2. The SMILES string of the molecule is CCOC(=O)Nc1cc(Cl)ccc1Cl.CCOC(=O)Nc1cc(Cl)ccc1Cl.OCC#CC#CCO. The maximum Gasteiger partial charge on any atom is 0.411 e. The molecule has 0 radical (unpaired) electrons. The van der Waals surface area contributed by atoms with E-state index in [0.717, 1.165) is 0 Å². The number of nitrogens with one attached hydrogen (secondary N) is 2. The molecule has 0 atom stereocenters. The lowest BCUT2D eigenvalue weighted by molar-refractivity contribution is 0.167. The summed E-state index contributed by atoms with van der Waals surface area (Å²) in [5.41, 5.74) is 0.884. The predicted octanol–water partition coefficient (Wildman–Crippen LogP) is 6.10. The summed E-state index contributed by atoms with van der Waals surface area (Å²) in [5.74, 6) is 9.24. The van der Waals surface area contributed by atoms with Crippen LogP contribution < -0.4 is 10.6 Å². The number of hydrogen-bond donors (Lipinski definition) is 4. The minimum Gasteiger partial charge on any atom is -0.450 e. The van der Waals surface area contributed by atoms with E-state index in [1.54, 1.807) is 50.2 Å². The summed E-state index contributed by atoms with van der Waals surface area (Å²) in [6, 6.07) is 9.60. The van der Waals surface area contributed by atoms with Crippen molar-refractivity contribution in [2.45, 2.75) is 13.8 Å². The van der Waals surface area contributed by atoms with Crippen LogP contribution in [0, 0.1) is 23.7 Å². The number of ether oxygens (including phenoxy) is 2. The fraction of sp³-hybridized carbons (Fsp3) is 0.250. The standard InChI is InChI=1S/2C9H9Cl2NO2.C6H6O2/c2*1-2-14-9(13)12-8-5-6(10)3-4-7(8)11;7-5-3-1-2-4-6-8/h2*3-5H,2H2,1H3,(H,12,13);7-8H,5-6H2. The first-order valence-corrected chi connectivity index (χ1v) is 11.6. The quantitative estimate of drug-likeness (QED) is 0.326. The molecule has 2 aromatic carbocycles. The number of carbonyl (C=O) groups is 2. The molecule has 0 aliphatic rings. The molecule has 2 rings (SSSR count). The van der Waals surface area contributed by atoms with Gasteiger partial charge >= 0.3 is 12.2 Å². The van der Waals surface area contributed by atoms with Crippen LogP contribution in [0.25, 0.3) is 0 Å². The van der Waals surface area contributed by atoms with Crippen molar-refractivity contribution in [2.75, 3.05) is 37.1 Å². The van der Waals surface area contributed by atoms with Crippen LogP contribution >= 0.6 is 46.4 Å². The summed E-state index contributed by atoms with van der Waals surface area (Å²) in [7, 11) is 0. The topological polar surface area (TPSA) is 117 Å². The summed E-state index contributed by atoms with van der Waals surface area (Å²) in [6.07, 6.45) is -1.09. The summed E-state index contributed by atoms with van der Waals surface area (Å²) < 4.78 is 9.38. The Kier molecular flexibility index (Phi) is 18.8. The highest BCUT2D eigenvalue weighted by atomic mass is 35.5. The Morgan fingerprint density at radius 3 is 1.42 bits per heavy atom. The molecule has 0 saturated heterocycles. The molecule has 0 aromatic heterocycles. The highest BCUT2D eigenvalue weighted by molar-refractivity contribution is 6.36. The van der Waals surface area contributed by atoms with Crippen LogP contribution in [0.3, 0.4) is 0 Å². The van der Waals surface area contributed by atoms with Crippen LogP contribution in [0.1, 0.15) is 13.8 Å². The second-order valence-corrected chi connectivity index (χ2v) is 7.55.